The zero-order chi connectivity index (χ0) is 22.9. The number of rotatable bonds is 5. The molecule has 4 aromatic rings. The molecule has 0 N–H and O–H groups in total. The van der Waals surface area contributed by atoms with E-state index in [1.807, 2.05) is 24.3 Å². The zero-order valence-corrected chi connectivity index (χ0v) is 18.5. The molecule has 0 saturated heterocycles. The lowest BCUT2D eigenvalue weighted by Crippen LogP contribution is -2.09. The minimum absolute atomic E-state index is 0.147. The van der Waals surface area contributed by atoms with E-state index < -0.39 is 11.9 Å². The summed E-state index contributed by atoms with van der Waals surface area (Å²) in [5.74, 6) is 0.481. The van der Waals surface area contributed by atoms with Crippen LogP contribution >= 0.6 is 34.8 Å². The van der Waals surface area contributed by atoms with Gasteiger partial charge in [-0.15, -0.1) is 0 Å². The molecule has 0 unspecified atom stereocenters. The smallest absolute Gasteiger partial charge is 0.435 e. The summed E-state index contributed by atoms with van der Waals surface area (Å²) in [6.07, 6.45) is -4.63. The standard InChI is InChI=1S/C23H14Cl3F3N2O/c24-16-8-4-14(5-9-16)15-6-10-18(11-7-15)32-13-17-12-21(23(27,28)29)30-31(17)22-19(25)2-1-3-20(22)26/h1-12H,13H2. The molecule has 3 nitrogen and oxygen atoms in total. The summed E-state index contributed by atoms with van der Waals surface area (Å²) < 4.78 is 46.7. The Morgan fingerprint density at radius 1 is 0.812 bits per heavy atom. The summed E-state index contributed by atoms with van der Waals surface area (Å²) in [5, 5.41) is 4.66. The van der Waals surface area contributed by atoms with Crippen molar-refractivity contribution < 1.29 is 17.9 Å². The van der Waals surface area contributed by atoms with E-state index in [1.165, 1.54) is 12.1 Å². The Balaban J connectivity index is 1.60. The van der Waals surface area contributed by atoms with Gasteiger partial charge in [0.25, 0.3) is 0 Å². The van der Waals surface area contributed by atoms with Gasteiger partial charge in [0, 0.05) is 5.02 Å². The molecule has 0 aliphatic carbocycles. The Kier molecular flexibility index (Phi) is 6.38. The average Bonchev–Trinajstić information content (AvgIpc) is 3.17. The Hall–Kier alpha value is -2.67. The Bertz CT molecular complexity index is 1220. The number of para-hydroxylation sites is 1. The lowest BCUT2D eigenvalue weighted by atomic mass is 10.1. The van der Waals surface area contributed by atoms with Gasteiger partial charge in [-0.25, -0.2) is 4.68 Å². The van der Waals surface area contributed by atoms with E-state index >= 15 is 0 Å². The van der Waals surface area contributed by atoms with Crippen LogP contribution in [0.4, 0.5) is 13.2 Å². The number of halogens is 6. The molecule has 0 spiro atoms. The van der Waals surface area contributed by atoms with E-state index in [0.29, 0.717) is 10.8 Å². The molecule has 1 aromatic heterocycles. The highest BCUT2D eigenvalue weighted by atomic mass is 35.5. The van der Waals surface area contributed by atoms with Gasteiger partial charge in [0.05, 0.1) is 15.7 Å². The molecule has 0 aliphatic rings. The number of nitrogens with zero attached hydrogens (tertiary/aromatic N) is 2. The molecule has 0 atom stereocenters. The lowest BCUT2D eigenvalue weighted by molar-refractivity contribution is -0.141. The molecule has 9 heteroatoms. The second-order valence-electron chi connectivity index (χ2n) is 6.82. The molecule has 3 aromatic carbocycles. The summed E-state index contributed by atoms with van der Waals surface area (Å²) in [6.45, 7) is -0.176. The van der Waals surface area contributed by atoms with E-state index in [-0.39, 0.29) is 28.0 Å². The van der Waals surface area contributed by atoms with Gasteiger partial charge in [-0.05, 0) is 53.6 Å². The number of hydrogen-bond acceptors (Lipinski definition) is 2. The topological polar surface area (TPSA) is 27.1 Å². The Morgan fingerprint density at radius 3 is 1.94 bits per heavy atom. The van der Waals surface area contributed by atoms with Crippen molar-refractivity contribution in [1.82, 2.24) is 9.78 Å². The fourth-order valence-electron chi connectivity index (χ4n) is 3.09. The van der Waals surface area contributed by atoms with Crippen molar-refractivity contribution in [3.8, 4) is 22.6 Å². The molecule has 0 radical (unpaired) electrons. The number of ether oxygens (including phenoxy) is 1. The summed E-state index contributed by atoms with van der Waals surface area (Å²) in [6, 6.07) is 20.1. The first-order valence-electron chi connectivity index (χ1n) is 9.32. The van der Waals surface area contributed by atoms with Crippen LogP contribution in [0.3, 0.4) is 0 Å². The predicted molar refractivity (Wildman–Crippen MR) is 120 cm³/mol. The fraction of sp³-hybridized carbons (Fsp3) is 0.0870. The molecule has 0 saturated carbocycles. The quantitative estimate of drug-likeness (QED) is 0.278. The molecule has 1 heterocycles. The minimum atomic E-state index is -4.63. The molecule has 0 amide bonds. The normalized spacial score (nSPS) is 11.6. The SMILES string of the molecule is FC(F)(F)c1cc(COc2ccc(-c3ccc(Cl)cc3)cc2)n(-c2c(Cl)cccc2Cl)n1. The van der Waals surface area contributed by atoms with Gasteiger partial charge in [0.2, 0.25) is 0 Å². The number of aromatic nitrogens is 2. The maximum absolute atomic E-state index is 13.3. The monoisotopic (exact) mass is 496 g/mol. The largest absolute Gasteiger partial charge is 0.487 e. The van der Waals surface area contributed by atoms with Crippen molar-refractivity contribution in [3.63, 3.8) is 0 Å². The summed E-state index contributed by atoms with van der Waals surface area (Å²) >= 11 is 18.3. The van der Waals surface area contributed by atoms with Crippen LogP contribution in [0.1, 0.15) is 11.4 Å². The predicted octanol–water partition coefficient (Wildman–Crippen LogP) is 8.10. The molecule has 0 aliphatic heterocycles. The molecular formula is C23H14Cl3F3N2O. The highest BCUT2D eigenvalue weighted by Gasteiger charge is 2.35. The minimum Gasteiger partial charge on any atom is -0.487 e. The maximum atomic E-state index is 13.3. The number of alkyl halides is 3. The zero-order valence-electron chi connectivity index (χ0n) is 16.2. The molecule has 0 bridgehead atoms. The van der Waals surface area contributed by atoms with E-state index in [2.05, 4.69) is 5.10 Å². The Morgan fingerprint density at radius 2 is 1.38 bits per heavy atom. The lowest BCUT2D eigenvalue weighted by Gasteiger charge is -2.12. The van der Waals surface area contributed by atoms with Crippen molar-refractivity contribution in [3.05, 3.63) is 99.3 Å². The van der Waals surface area contributed by atoms with Gasteiger partial charge in [0.1, 0.15) is 18.0 Å². The van der Waals surface area contributed by atoms with E-state index in [1.54, 1.807) is 30.3 Å². The third-order valence-electron chi connectivity index (χ3n) is 4.64. The summed E-state index contributed by atoms with van der Waals surface area (Å²) in [5.41, 5.74) is 1.16. The first-order chi connectivity index (χ1) is 15.2. The van der Waals surface area contributed by atoms with Gasteiger partial charge in [-0.2, -0.15) is 18.3 Å². The van der Waals surface area contributed by atoms with E-state index in [4.69, 9.17) is 39.5 Å². The van der Waals surface area contributed by atoms with E-state index in [9.17, 15) is 13.2 Å². The van der Waals surface area contributed by atoms with Gasteiger partial charge in [-0.1, -0.05) is 65.1 Å². The van der Waals surface area contributed by atoms with Crippen LogP contribution in [0, 0.1) is 0 Å². The third kappa shape index (κ3) is 4.88. The molecule has 32 heavy (non-hydrogen) atoms. The van der Waals surface area contributed by atoms with Crippen molar-refractivity contribution in [2.24, 2.45) is 0 Å². The Labute approximate surface area is 196 Å². The van der Waals surface area contributed by atoms with Gasteiger partial charge < -0.3 is 4.74 Å². The maximum Gasteiger partial charge on any atom is 0.435 e. The van der Waals surface area contributed by atoms with E-state index in [0.717, 1.165) is 21.9 Å². The first kappa shape index (κ1) is 22.5. The van der Waals surface area contributed by atoms with Crippen molar-refractivity contribution in [1.29, 1.82) is 0 Å². The van der Waals surface area contributed by atoms with Crippen LogP contribution in [0.15, 0.2) is 72.8 Å². The van der Waals surface area contributed by atoms with Crippen LogP contribution in [0.2, 0.25) is 15.1 Å². The van der Waals surface area contributed by atoms with Crippen LogP contribution in [-0.4, -0.2) is 9.78 Å². The summed E-state index contributed by atoms with van der Waals surface area (Å²) in [4.78, 5) is 0. The molecular weight excluding hydrogens is 484 g/mol. The van der Waals surface area contributed by atoms with Gasteiger partial charge in [-0.3, -0.25) is 0 Å². The van der Waals surface area contributed by atoms with Gasteiger partial charge in [0.15, 0.2) is 5.69 Å². The third-order valence-corrected chi connectivity index (χ3v) is 5.50. The number of hydrogen-bond donors (Lipinski definition) is 0. The first-order valence-corrected chi connectivity index (χ1v) is 10.4. The van der Waals surface area contributed by atoms with Crippen LogP contribution in [-0.2, 0) is 12.8 Å². The average molecular weight is 498 g/mol. The molecule has 4 rings (SSSR count). The fourth-order valence-corrected chi connectivity index (χ4v) is 3.77. The molecule has 164 valence electrons. The van der Waals surface area contributed by atoms with Crippen LogP contribution in [0.5, 0.6) is 5.75 Å². The summed E-state index contributed by atoms with van der Waals surface area (Å²) in [7, 11) is 0. The second-order valence-corrected chi connectivity index (χ2v) is 8.07. The second kappa shape index (κ2) is 9.06. The highest BCUT2D eigenvalue weighted by Crippen LogP contribution is 2.34. The number of benzene rings is 3. The van der Waals surface area contributed by atoms with Crippen LogP contribution < -0.4 is 4.74 Å². The molecule has 0 fully saturated rings. The highest BCUT2D eigenvalue weighted by molar-refractivity contribution is 6.37. The van der Waals surface area contributed by atoms with Crippen molar-refractivity contribution in [2.75, 3.05) is 0 Å². The van der Waals surface area contributed by atoms with Crippen LogP contribution in [0.25, 0.3) is 16.8 Å². The van der Waals surface area contributed by atoms with Crippen molar-refractivity contribution >= 4 is 34.8 Å². The van der Waals surface area contributed by atoms with Crippen molar-refractivity contribution in [2.45, 2.75) is 12.8 Å². The van der Waals surface area contributed by atoms with Gasteiger partial charge >= 0.3 is 6.18 Å².